The highest BCUT2D eigenvalue weighted by Gasteiger charge is 2.35. The second-order valence-electron chi connectivity index (χ2n) is 3.35. The van der Waals surface area contributed by atoms with Gasteiger partial charge in [-0.2, -0.15) is 13.2 Å². The molecule has 94 valence electrons. The molecule has 0 bridgehead atoms. The lowest BCUT2D eigenvalue weighted by molar-refractivity contribution is -0.140. The van der Waals surface area contributed by atoms with Gasteiger partial charge in [0, 0.05) is 12.0 Å². The highest BCUT2D eigenvalue weighted by molar-refractivity contribution is 5.67. The van der Waals surface area contributed by atoms with E-state index in [-0.39, 0.29) is 0 Å². The summed E-state index contributed by atoms with van der Waals surface area (Å²) >= 11 is 0. The van der Waals surface area contributed by atoms with E-state index in [1.165, 1.54) is 0 Å². The van der Waals surface area contributed by atoms with Gasteiger partial charge in [-0.05, 0) is 18.6 Å². The van der Waals surface area contributed by atoms with Gasteiger partial charge < -0.3 is 15.3 Å². The molecular weight excluding hydrogens is 241 g/mol. The topological polar surface area (TPSA) is 77.8 Å². The normalized spacial score (nSPS) is 11.5. The lowest BCUT2D eigenvalue weighted by Gasteiger charge is -2.14. The third kappa shape index (κ3) is 3.02. The number of hydrogen-bond acceptors (Lipinski definition) is 3. The summed E-state index contributed by atoms with van der Waals surface area (Å²) in [5.41, 5.74) is -1.76. The van der Waals surface area contributed by atoms with Crippen LogP contribution in [0, 0.1) is 0 Å². The zero-order chi connectivity index (χ0) is 13.2. The van der Waals surface area contributed by atoms with Crippen LogP contribution in [-0.2, 0) is 17.4 Å². The highest BCUT2D eigenvalue weighted by Crippen LogP contribution is 2.40. The van der Waals surface area contributed by atoms with Gasteiger partial charge in [0.2, 0.25) is 0 Å². The van der Waals surface area contributed by atoms with E-state index in [1.807, 2.05) is 0 Å². The summed E-state index contributed by atoms with van der Waals surface area (Å²) in [6.45, 7) is 0. The molecule has 3 N–H and O–H groups in total. The van der Waals surface area contributed by atoms with Crippen LogP contribution in [0.5, 0.6) is 11.5 Å². The number of rotatable bonds is 3. The second kappa shape index (κ2) is 4.52. The summed E-state index contributed by atoms with van der Waals surface area (Å²) in [4.78, 5) is 10.3. The van der Waals surface area contributed by atoms with Gasteiger partial charge in [-0.25, -0.2) is 0 Å². The van der Waals surface area contributed by atoms with E-state index in [0.29, 0.717) is 12.1 Å². The van der Waals surface area contributed by atoms with Crippen molar-refractivity contribution < 1.29 is 33.3 Å². The highest BCUT2D eigenvalue weighted by atomic mass is 19.4. The van der Waals surface area contributed by atoms with E-state index >= 15 is 0 Å². The minimum absolute atomic E-state index is 0.510. The maximum absolute atomic E-state index is 12.5. The summed E-state index contributed by atoms with van der Waals surface area (Å²) in [5, 5.41) is 26.8. The number of carboxylic acids is 1. The molecule has 0 aromatic heterocycles. The fourth-order valence-corrected chi connectivity index (χ4v) is 1.37. The van der Waals surface area contributed by atoms with Gasteiger partial charge in [-0.1, -0.05) is 0 Å². The lowest BCUT2D eigenvalue weighted by Crippen LogP contribution is -2.10. The van der Waals surface area contributed by atoms with Crippen molar-refractivity contribution in [2.24, 2.45) is 0 Å². The Morgan fingerprint density at radius 3 is 2.29 bits per heavy atom. The van der Waals surface area contributed by atoms with Gasteiger partial charge in [0.05, 0.1) is 5.56 Å². The van der Waals surface area contributed by atoms with E-state index in [4.69, 9.17) is 10.2 Å². The zero-order valence-electron chi connectivity index (χ0n) is 8.45. The number of phenolic OH excluding ortho intramolecular Hbond substituents is 2. The van der Waals surface area contributed by atoms with Gasteiger partial charge in [0.15, 0.2) is 11.5 Å². The van der Waals surface area contributed by atoms with Crippen molar-refractivity contribution in [1.82, 2.24) is 0 Å². The molecule has 0 saturated carbocycles. The van der Waals surface area contributed by atoms with Crippen molar-refractivity contribution >= 4 is 5.97 Å². The zero-order valence-corrected chi connectivity index (χ0v) is 8.45. The lowest BCUT2D eigenvalue weighted by atomic mass is 10.0. The number of alkyl halides is 3. The number of hydrogen-bond donors (Lipinski definition) is 3. The number of phenols is 2. The molecule has 0 aliphatic carbocycles. The molecule has 0 saturated heterocycles. The summed E-state index contributed by atoms with van der Waals surface area (Å²) in [7, 11) is 0. The number of halogens is 3. The van der Waals surface area contributed by atoms with E-state index < -0.39 is 47.6 Å². The third-order valence-electron chi connectivity index (χ3n) is 2.16. The Labute approximate surface area is 93.9 Å². The van der Waals surface area contributed by atoms with Crippen LogP contribution in [0.1, 0.15) is 17.5 Å². The van der Waals surface area contributed by atoms with Crippen molar-refractivity contribution in [2.75, 3.05) is 0 Å². The molecule has 0 spiro atoms. The SMILES string of the molecule is O=C(O)CCc1c(C(F)(F)F)ccc(O)c1O. The van der Waals surface area contributed by atoms with Crippen LogP contribution in [0.3, 0.4) is 0 Å². The van der Waals surface area contributed by atoms with Crippen LogP contribution in [-0.4, -0.2) is 21.3 Å². The number of carboxylic acid groups (broad SMARTS) is 1. The average Bonchev–Trinajstić information content (AvgIpc) is 2.18. The predicted octanol–water partition coefficient (Wildman–Crippen LogP) is 2.13. The largest absolute Gasteiger partial charge is 0.504 e. The van der Waals surface area contributed by atoms with E-state index in [2.05, 4.69) is 0 Å². The molecule has 0 atom stereocenters. The number of benzene rings is 1. The fourth-order valence-electron chi connectivity index (χ4n) is 1.37. The van der Waals surface area contributed by atoms with Gasteiger partial charge >= 0.3 is 12.1 Å². The molecular formula is C10H9F3O4. The molecule has 1 aromatic carbocycles. The van der Waals surface area contributed by atoms with Crippen LogP contribution in [0.15, 0.2) is 12.1 Å². The molecule has 0 aliphatic rings. The maximum atomic E-state index is 12.5. The smallest absolute Gasteiger partial charge is 0.416 e. The van der Waals surface area contributed by atoms with Crippen LogP contribution in [0.25, 0.3) is 0 Å². The third-order valence-corrected chi connectivity index (χ3v) is 2.16. The first kappa shape index (κ1) is 13.1. The van der Waals surface area contributed by atoms with Crippen molar-refractivity contribution in [3.63, 3.8) is 0 Å². The first-order valence-electron chi connectivity index (χ1n) is 4.56. The summed E-state index contributed by atoms with van der Waals surface area (Å²) < 4.78 is 37.6. The quantitative estimate of drug-likeness (QED) is 0.718. The Morgan fingerprint density at radius 2 is 1.82 bits per heavy atom. The van der Waals surface area contributed by atoms with Gasteiger partial charge in [0.1, 0.15) is 0 Å². The van der Waals surface area contributed by atoms with Gasteiger partial charge in [-0.3, -0.25) is 4.79 Å². The molecule has 4 nitrogen and oxygen atoms in total. The molecule has 0 aliphatic heterocycles. The van der Waals surface area contributed by atoms with E-state index in [9.17, 15) is 23.1 Å². The molecule has 0 unspecified atom stereocenters. The molecule has 0 heterocycles. The molecule has 17 heavy (non-hydrogen) atoms. The number of aliphatic carboxylic acids is 1. The summed E-state index contributed by atoms with van der Waals surface area (Å²) in [6.07, 6.45) is -5.79. The minimum Gasteiger partial charge on any atom is -0.504 e. The van der Waals surface area contributed by atoms with Gasteiger partial charge in [0.25, 0.3) is 0 Å². The minimum atomic E-state index is -4.71. The standard InChI is InChI=1S/C10H9F3O4/c11-10(12,13)6-2-3-7(14)9(17)5(6)1-4-8(15)16/h2-3,14,17H,1,4H2,(H,15,16). The van der Waals surface area contributed by atoms with E-state index in [1.54, 1.807) is 0 Å². The number of aromatic hydroxyl groups is 2. The molecule has 0 radical (unpaired) electrons. The van der Waals surface area contributed by atoms with Crippen LogP contribution in [0.2, 0.25) is 0 Å². The molecule has 1 rings (SSSR count). The first-order valence-corrected chi connectivity index (χ1v) is 4.56. The Kier molecular flexibility index (Phi) is 3.50. The molecule has 0 amide bonds. The maximum Gasteiger partial charge on any atom is 0.416 e. The Morgan fingerprint density at radius 1 is 1.24 bits per heavy atom. The van der Waals surface area contributed by atoms with Gasteiger partial charge in [-0.15, -0.1) is 0 Å². The Hall–Kier alpha value is -1.92. The number of carbonyl (C=O) groups is 1. The van der Waals surface area contributed by atoms with E-state index in [0.717, 1.165) is 0 Å². The van der Waals surface area contributed by atoms with Crippen LogP contribution in [0.4, 0.5) is 13.2 Å². The Bertz CT molecular complexity index is 440. The molecule has 7 heteroatoms. The molecule has 0 fully saturated rings. The predicted molar refractivity (Wildman–Crippen MR) is 50.7 cm³/mol. The average molecular weight is 250 g/mol. The van der Waals surface area contributed by atoms with Crippen molar-refractivity contribution in [2.45, 2.75) is 19.0 Å². The summed E-state index contributed by atoms with van der Waals surface area (Å²) in [6, 6.07) is 1.31. The van der Waals surface area contributed by atoms with Crippen molar-refractivity contribution in [3.05, 3.63) is 23.3 Å². The first-order chi connectivity index (χ1) is 7.73. The van der Waals surface area contributed by atoms with Crippen molar-refractivity contribution in [3.8, 4) is 11.5 Å². The van der Waals surface area contributed by atoms with Crippen LogP contribution < -0.4 is 0 Å². The van der Waals surface area contributed by atoms with Crippen molar-refractivity contribution in [1.29, 1.82) is 0 Å². The van der Waals surface area contributed by atoms with Crippen LogP contribution >= 0.6 is 0 Å². The summed E-state index contributed by atoms with van der Waals surface area (Å²) in [5.74, 6) is -2.93. The monoisotopic (exact) mass is 250 g/mol. The second-order valence-corrected chi connectivity index (χ2v) is 3.35. The Balaban J connectivity index is 3.22. The fraction of sp³-hybridized carbons (Fsp3) is 0.300. The molecule has 1 aromatic rings.